The molecule has 3 heteroatoms. The van der Waals surface area contributed by atoms with E-state index in [0.29, 0.717) is 13.2 Å². The van der Waals surface area contributed by atoms with E-state index in [2.05, 4.69) is 11.9 Å². The van der Waals surface area contributed by atoms with E-state index >= 15 is 0 Å². The van der Waals surface area contributed by atoms with Crippen LogP contribution in [0.25, 0.3) is 0 Å². The molecule has 0 aliphatic rings. The van der Waals surface area contributed by atoms with Crippen LogP contribution in [-0.4, -0.2) is 25.8 Å². The average molecular weight is 187 g/mol. The fourth-order valence-corrected chi connectivity index (χ4v) is 0.925. The number of ether oxygens (including phenoxy) is 1. The van der Waals surface area contributed by atoms with E-state index in [4.69, 9.17) is 4.74 Å². The van der Waals surface area contributed by atoms with Crippen molar-refractivity contribution >= 4 is 0 Å². The number of hydrogen-bond acceptors (Lipinski definition) is 2. The fraction of sp³-hybridized carbons (Fsp3) is 0.600. The molecular formula is C10H18FNO. The summed E-state index contributed by atoms with van der Waals surface area (Å²) in [5.41, 5.74) is 0. The van der Waals surface area contributed by atoms with Gasteiger partial charge in [-0.1, -0.05) is 12.7 Å². The molecule has 0 radical (unpaired) electrons. The van der Waals surface area contributed by atoms with E-state index in [-0.39, 0.29) is 18.5 Å². The summed E-state index contributed by atoms with van der Waals surface area (Å²) in [6.07, 6.45) is 2.91. The van der Waals surface area contributed by atoms with Crippen LogP contribution in [0.15, 0.2) is 24.6 Å². The standard InChI is InChI=1S/C10H18FNO/c1-4-6-10(11)8-12-7-9(3)13-5-2/h4,6,9,12H,1,5,7-8H2,2-3H3/b10-6+. The lowest BCUT2D eigenvalue weighted by Gasteiger charge is -2.11. The van der Waals surface area contributed by atoms with Crippen LogP contribution in [0.4, 0.5) is 4.39 Å². The van der Waals surface area contributed by atoms with Gasteiger partial charge in [-0.25, -0.2) is 4.39 Å². The highest BCUT2D eigenvalue weighted by atomic mass is 19.1. The van der Waals surface area contributed by atoms with Crippen molar-refractivity contribution in [3.63, 3.8) is 0 Å². The quantitative estimate of drug-likeness (QED) is 0.616. The van der Waals surface area contributed by atoms with Crippen LogP contribution in [0.5, 0.6) is 0 Å². The average Bonchev–Trinajstić information content (AvgIpc) is 2.05. The minimum atomic E-state index is -0.210. The van der Waals surface area contributed by atoms with Crippen molar-refractivity contribution in [2.24, 2.45) is 0 Å². The van der Waals surface area contributed by atoms with Gasteiger partial charge in [-0.3, -0.25) is 0 Å². The lowest BCUT2D eigenvalue weighted by molar-refractivity contribution is 0.0765. The lowest BCUT2D eigenvalue weighted by atomic mass is 10.4. The maximum absolute atomic E-state index is 12.7. The first kappa shape index (κ1) is 12.3. The monoisotopic (exact) mass is 187 g/mol. The molecule has 0 saturated carbocycles. The molecular weight excluding hydrogens is 169 g/mol. The third-order valence-corrected chi connectivity index (χ3v) is 1.48. The van der Waals surface area contributed by atoms with E-state index < -0.39 is 0 Å². The maximum atomic E-state index is 12.7. The van der Waals surface area contributed by atoms with Crippen molar-refractivity contribution in [1.29, 1.82) is 0 Å². The van der Waals surface area contributed by atoms with Gasteiger partial charge in [0.15, 0.2) is 0 Å². The van der Waals surface area contributed by atoms with Gasteiger partial charge in [0.2, 0.25) is 0 Å². The highest BCUT2D eigenvalue weighted by molar-refractivity contribution is 5.04. The van der Waals surface area contributed by atoms with E-state index in [1.807, 2.05) is 13.8 Å². The van der Waals surface area contributed by atoms with Crippen molar-refractivity contribution in [3.8, 4) is 0 Å². The molecule has 0 aliphatic heterocycles. The Kier molecular flexibility index (Phi) is 7.54. The molecule has 13 heavy (non-hydrogen) atoms. The van der Waals surface area contributed by atoms with Gasteiger partial charge >= 0.3 is 0 Å². The van der Waals surface area contributed by atoms with Crippen molar-refractivity contribution in [3.05, 3.63) is 24.6 Å². The van der Waals surface area contributed by atoms with Crippen LogP contribution in [-0.2, 0) is 4.74 Å². The third kappa shape index (κ3) is 7.68. The van der Waals surface area contributed by atoms with Crippen molar-refractivity contribution < 1.29 is 9.13 Å². The fourth-order valence-electron chi connectivity index (χ4n) is 0.925. The highest BCUT2D eigenvalue weighted by Crippen LogP contribution is 1.94. The van der Waals surface area contributed by atoms with Gasteiger partial charge < -0.3 is 10.1 Å². The molecule has 1 atom stereocenters. The van der Waals surface area contributed by atoms with Gasteiger partial charge in [-0.05, 0) is 19.9 Å². The Morgan fingerprint density at radius 3 is 2.92 bits per heavy atom. The first-order chi connectivity index (χ1) is 6.20. The molecule has 0 aromatic heterocycles. The molecule has 0 bridgehead atoms. The third-order valence-electron chi connectivity index (χ3n) is 1.48. The van der Waals surface area contributed by atoms with Crippen molar-refractivity contribution in [2.45, 2.75) is 20.0 Å². The molecule has 0 spiro atoms. The molecule has 0 heterocycles. The Hall–Kier alpha value is -0.670. The van der Waals surface area contributed by atoms with Gasteiger partial charge in [0.1, 0.15) is 5.83 Å². The maximum Gasteiger partial charge on any atom is 0.114 e. The zero-order valence-corrected chi connectivity index (χ0v) is 8.35. The van der Waals surface area contributed by atoms with Crippen LogP contribution >= 0.6 is 0 Å². The molecule has 0 aliphatic carbocycles. The zero-order chi connectivity index (χ0) is 10.1. The summed E-state index contributed by atoms with van der Waals surface area (Å²) < 4.78 is 18.0. The highest BCUT2D eigenvalue weighted by Gasteiger charge is 2.00. The van der Waals surface area contributed by atoms with Crippen LogP contribution < -0.4 is 5.32 Å². The Morgan fingerprint density at radius 2 is 2.38 bits per heavy atom. The largest absolute Gasteiger partial charge is 0.377 e. The summed E-state index contributed by atoms with van der Waals surface area (Å²) in [6.45, 7) is 8.88. The molecule has 0 fully saturated rings. The first-order valence-corrected chi connectivity index (χ1v) is 4.50. The molecule has 0 amide bonds. The van der Waals surface area contributed by atoms with E-state index in [1.165, 1.54) is 12.2 Å². The molecule has 0 aromatic rings. The van der Waals surface area contributed by atoms with E-state index in [9.17, 15) is 4.39 Å². The first-order valence-electron chi connectivity index (χ1n) is 4.50. The van der Waals surface area contributed by atoms with Gasteiger partial charge in [0.05, 0.1) is 6.10 Å². The number of hydrogen-bond donors (Lipinski definition) is 1. The Balaban J connectivity index is 3.44. The summed E-state index contributed by atoms with van der Waals surface area (Å²) in [4.78, 5) is 0. The molecule has 1 unspecified atom stereocenters. The second-order valence-corrected chi connectivity index (χ2v) is 2.75. The van der Waals surface area contributed by atoms with Crippen molar-refractivity contribution in [1.82, 2.24) is 5.32 Å². The van der Waals surface area contributed by atoms with E-state index in [0.717, 1.165) is 0 Å². The molecule has 0 aromatic carbocycles. The van der Waals surface area contributed by atoms with Crippen LogP contribution in [0.3, 0.4) is 0 Å². The van der Waals surface area contributed by atoms with E-state index in [1.54, 1.807) is 0 Å². The second kappa shape index (κ2) is 7.95. The molecule has 2 nitrogen and oxygen atoms in total. The predicted octanol–water partition coefficient (Wildman–Crippen LogP) is 2.04. The molecule has 0 rings (SSSR count). The summed E-state index contributed by atoms with van der Waals surface area (Å²) in [6, 6.07) is 0. The summed E-state index contributed by atoms with van der Waals surface area (Å²) in [5, 5.41) is 2.94. The summed E-state index contributed by atoms with van der Waals surface area (Å²) >= 11 is 0. The second-order valence-electron chi connectivity index (χ2n) is 2.75. The molecule has 76 valence electrons. The topological polar surface area (TPSA) is 21.3 Å². The number of allylic oxidation sites excluding steroid dienone is 2. The minimum Gasteiger partial charge on any atom is -0.377 e. The zero-order valence-electron chi connectivity index (χ0n) is 8.35. The van der Waals surface area contributed by atoms with Crippen LogP contribution in [0.2, 0.25) is 0 Å². The number of halogens is 1. The summed E-state index contributed by atoms with van der Waals surface area (Å²) in [7, 11) is 0. The molecule has 0 saturated heterocycles. The minimum absolute atomic E-state index is 0.126. The number of rotatable bonds is 7. The van der Waals surface area contributed by atoms with Gasteiger partial charge in [-0.2, -0.15) is 0 Å². The van der Waals surface area contributed by atoms with Crippen molar-refractivity contribution in [2.75, 3.05) is 19.7 Å². The van der Waals surface area contributed by atoms with Crippen LogP contribution in [0, 0.1) is 0 Å². The lowest BCUT2D eigenvalue weighted by Crippen LogP contribution is -2.27. The molecule has 1 N–H and O–H groups in total. The van der Waals surface area contributed by atoms with Gasteiger partial charge in [0.25, 0.3) is 0 Å². The Labute approximate surface area is 79.5 Å². The Morgan fingerprint density at radius 1 is 1.69 bits per heavy atom. The Bertz CT molecular complexity index is 168. The normalized spacial score (nSPS) is 14.2. The predicted molar refractivity (Wildman–Crippen MR) is 53.3 cm³/mol. The smallest absolute Gasteiger partial charge is 0.114 e. The summed E-state index contributed by atoms with van der Waals surface area (Å²) in [5.74, 6) is -0.210. The number of nitrogens with one attached hydrogen (secondary N) is 1. The van der Waals surface area contributed by atoms with Gasteiger partial charge in [0, 0.05) is 19.7 Å². The van der Waals surface area contributed by atoms with Gasteiger partial charge in [-0.15, -0.1) is 0 Å². The SMILES string of the molecule is C=C/C=C(/F)CNCC(C)OCC. The van der Waals surface area contributed by atoms with Crippen LogP contribution in [0.1, 0.15) is 13.8 Å².